The van der Waals surface area contributed by atoms with Crippen molar-refractivity contribution in [2.45, 2.75) is 0 Å². The second-order valence-electron chi connectivity index (χ2n) is 4.35. The van der Waals surface area contributed by atoms with Gasteiger partial charge in [-0.15, -0.1) is 0 Å². The SMILES string of the molecule is COc1ccc(C(N)=S)c(OCCOc2ccccc2Cl)c1. The molecule has 0 spiro atoms. The summed E-state index contributed by atoms with van der Waals surface area (Å²) in [5, 5.41) is 0.563. The first kappa shape index (κ1) is 16.4. The quantitative estimate of drug-likeness (QED) is 0.619. The fraction of sp³-hybridized carbons (Fsp3) is 0.188. The van der Waals surface area contributed by atoms with Gasteiger partial charge in [0.05, 0.1) is 17.7 Å². The van der Waals surface area contributed by atoms with Crippen LogP contribution in [0.2, 0.25) is 5.02 Å². The van der Waals surface area contributed by atoms with E-state index in [1.807, 2.05) is 12.1 Å². The number of thiocarbonyl (C=S) groups is 1. The van der Waals surface area contributed by atoms with E-state index in [-0.39, 0.29) is 4.99 Å². The fourth-order valence-electron chi connectivity index (χ4n) is 1.82. The molecule has 22 heavy (non-hydrogen) atoms. The van der Waals surface area contributed by atoms with Gasteiger partial charge >= 0.3 is 0 Å². The monoisotopic (exact) mass is 337 g/mol. The van der Waals surface area contributed by atoms with Gasteiger partial charge in [-0.25, -0.2) is 0 Å². The van der Waals surface area contributed by atoms with Gasteiger partial charge in [-0.05, 0) is 24.3 Å². The lowest BCUT2D eigenvalue weighted by atomic mass is 10.2. The van der Waals surface area contributed by atoms with E-state index in [1.165, 1.54) is 0 Å². The molecule has 4 nitrogen and oxygen atoms in total. The summed E-state index contributed by atoms with van der Waals surface area (Å²) in [6.07, 6.45) is 0. The molecule has 0 amide bonds. The minimum atomic E-state index is 0.268. The summed E-state index contributed by atoms with van der Waals surface area (Å²) in [5.74, 6) is 1.85. The first-order valence-electron chi connectivity index (χ1n) is 6.60. The van der Waals surface area contributed by atoms with E-state index in [0.29, 0.717) is 41.0 Å². The van der Waals surface area contributed by atoms with E-state index in [2.05, 4.69) is 0 Å². The molecule has 2 aromatic carbocycles. The fourth-order valence-corrected chi connectivity index (χ4v) is 2.18. The summed E-state index contributed by atoms with van der Waals surface area (Å²) in [6, 6.07) is 12.6. The first-order valence-corrected chi connectivity index (χ1v) is 7.38. The molecule has 6 heteroatoms. The zero-order valence-electron chi connectivity index (χ0n) is 12.0. The molecule has 0 aliphatic heterocycles. The molecule has 0 fully saturated rings. The van der Waals surface area contributed by atoms with Crippen molar-refractivity contribution in [3.05, 3.63) is 53.1 Å². The molecule has 2 aromatic rings. The number of nitrogens with two attached hydrogens (primary N) is 1. The number of ether oxygens (including phenoxy) is 3. The van der Waals surface area contributed by atoms with E-state index in [1.54, 1.807) is 37.4 Å². The van der Waals surface area contributed by atoms with Crippen molar-refractivity contribution in [3.8, 4) is 17.2 Å². The molecule has 2 rings (SSSR count). The van der Waals surface area contributed by atoms with E-state index < -0.39 is 0 Å². The van der Waals surface area contributed by atoms with Crippen molar-refractivity contribution in [3.63, 3.8) is 0 Å². The van der Waals surface area contributed by atoms with Crippen LogP contribution in [0.25, 0.3) is 0 Å². The molecule has 0 saturated carbocycles. The minimum absolute atomic E-state index is 0.268. The van der Waals surface area contributed by atoms with Crippen molar-refractivity contribution in [2.75, 3.05) is 20.3 Å². The molecule has 0 heterocycles. The lowest BCUT2D eigenvalue weighted by Crippen LogP contribution is -2.14. The van der Waals surface area contributed by atoms with Gasteiger partial charge in [0.1, 0.15) is 35.5 Å². The Hall–Kier alpha value is -1.98. The largest absolute Gasteiger partial charge is 0.497 e. The van der Waals surface area contributed by atoms with Crippen LogP contribution >= 0.6 is 23.8 Å². The Labute approximate surface area is 139 Å². The Bertz CT molecular complexity index is 664. The maximum absolute atomic E-state index is 6.01. The number of benzene rings is 2. The molecule has 0 bridgehead atoms. The summed E-state index contributed by atoms with van der Waals surface area (Å²) in [5.41, 5.74) is 6.34. The third-order valence-corrected chi connectivity index (χ3v) is 3.42. The van der Waals surface area contributed by atoms with Gasteiger partial charge in [0.2, 0.25) is 0 Å². The van der Waals surface area contributed by atoms with Crippen LogP contribution in [0.4, 0.5) is 0 Å². The van der Waals surface area contributed by atoms with Crippen molar-refractivity contribution in [1.82, 2.24) is 0 Å². The molecule has 0 aliphatic carbocycles. The van der Waals surface area contributed by atoms with Gasteiger partial charge in [-0.2, -0.15) is 0 Å². The summed E-state index contributed by atoms with van der Waals surface area (Å²) in [6.45, 7) is 0.672. The highest BCUT2D eigenvalue weighted by molar-refractivity contribution is 7.80. The van der Waals surface area contributed by atoms with Crippen molar-refractivity contribution >= 4 is 28.8 Å². The average molecular weight is 338 g/mol. The minimum Gasteiger partial charge on any atom is -0.497 e. The van der Waals surface area contributed by atoms with Crippen LogP contribution in [0, 0.1) is 0 Å². The zero-order chi connectivity index (χ0) is 15.9. The summed E-state index contributed by atoms with van der Waals surface area (Å²) in [4.78, 5) is 0.268. The van der Waals surface area contributed by atoms with Gasteiger partial charge in [0.15, 0.2) is 0 Å². The molecule has 0 aliphatic rings. The third kappa shape index (κ3) is 4.26. The molecule has 0 saturated heterocycles. The normalized spacial score (nSPS) is 10.1. The van der Waals surface area contributed by atoms with Crippen LogP contribution < -0.4 is 19.9 Å². The van der Waals surface area contributed by atoms with Crippen molar-refractivity contribution in [1.29, 1.82) is 0 Å². The Kier molecular flexibility index (Phi) is 5.86. The van der Waals surface area contributed by atoms with Crippen LogP contribution in [-0.2, 0) is 0 Å². The van der Waals surface area contributed by atoms with E-state index in [0.717, 1.165) is 0 Å². The first-order chi connectivity index (χ1) is 10.6. The maximum Gasteiger partial charge on any atom is 0.138 e. The number of para-hydroxylation sites is 1. The molecule has 0 unspecified atom stereocenters. The van der Waals surface area contributed by atoms with Crippen molar-refractivity contribution < 1.29 is 14.2 Å². The number of methoxy groups -OCH3 is 1. The standard InChI is InChI=1S/C16H16ClNO3S/c1-19-11-6-7-12(16(18)22)15(10-11)21-9-8-20-14-5-3-2-4-13(14)17/h2-7,10H,8-9H2,1H3,(H2,18,22). The smallest absolute Gasteiger partial charge is 0.138 e. The van der Waals surface area contributed by atoms with Gasteiger partial charge < -0.3 is 19.9 Å². The summed E-state index contributed by atoms with van der Waals surface area (Å²) >= 11 is 11.0. The Morgan fingerprint density at radius 1 is 1.09 bits per heavy atom. The highest BCUT2D eigenvalue weighted by Gasteiger charge is 2.08. The van der Waals surface area contributed by atoms with Crippen LogP contribution in [0.3, 0.4) is 0 Å². The second kappa shape index (κ2) is 7.87. The number of halogens is 1. The van der Waals surface area contributed by atoms with Gasteiger partial charge in [-0.1, -0.05) is 36.0 Å². The van der Waals surface area contributed by atoms with Crippen LogP contribution in [0.15, 0.2) is 42.5 Å². The summed E-state index contributed by atoms with van der Waals surface area (Å²) in [7, 11) is 1.58. The number of hydrogen-bond donors (Lipinski definition) is 1. The lowest BCUT2D eigenvalue weighted by molar-refractivity contribution is 0.216. The number of hydrogen-bond acceptors (Lipinski definition) is 4. The van der Waals surface area contributed by atoms with E-state index >= 15 is 0 Å². The highest BCUT2D eigenvalue weighted by atomic mass is 35.5. The molecule has 116 valence electrons. The highest BCUT2D eigenvalue weighted by Crippen LogP contribution is 2.25. The van der Waals surface area contributed by atoms with Crippen LogP contribution in [-0.4, -0.2) is 25.3 Å². The predicted molar refractivity (Wildman–Crippen MR) is 91.3 cm³/mol. The molecule has 0 radical (unpaired) electrons. The number of rotatable bonds is 7. The van der Waals surface area contributed by atoms with Crippen molar-refractivity contribution in [2.24, 2.45) is 5.73 Å². The Morgan fingerprint density at radius 3 is 2.41 bits per heavy atom. The molecule has 0 atom stereocenters. The zero-order valence-corrected chi connectivity index (χ0v) is 13.6. The Morgan fingerprint density at radius 2 is 1.77 bits per heavy atom. The maximum atomic E-state index is 6.01. The Balaban J connectivity index is 1.96. The van der Waals surface area contributed by atoms with Gasteiger partial charge in [0, 0.05) is 6.07 Å². The van der Waals surface area contributed by atoms with Gasteiger partial charge in [-0.3, -0.25) is 0 Å². The van der Waals surface area contributed by atoms with E-state index in [4.69, 9.17) is 43.8 Å². The van der Waals surface area contributed by atoms with Crippen LogP contribution in [0.1, 0.15) is 5.56 Å². The van der Waals surface area contributed by atoms with E-state index in [9.17, 15) is 0 Å². The second-order valence-corrected chi connectivity index (χ2v) is 5.20. The third-order valence-electron chi connectivity index (χ3n) is 2.89. The topological polar surface area (TPSA) is 53.7 Å². The molecule has 0 aromatic heterocycles. The molecular weight excluding hydrogens is 322 g/mol. The summed E-state index contributed by atoms with van der Waals surface area (Å²) < 4.78 is 16.4. The molecule has 2 N–H and O–H groups in total. The van der Waals surface area contributed by atoms with Crippen LogP contribution in [0.5, 0.6) is 17.2 Å². The van der Waals surface area contributed by atoms with Gasteiger partial charge in [0.25, 0.3) is 0 Å². The lowest BCUT2D eigenvalue weighted by Gasteiger charge is -2.13. The predicted octanol–water partition coefficient (Wildman–Crippen LogP) is 3.44. The molecular formula is C16H16ClNO3S. The average Bonchev–Trinajstić information content (AvgIpc) is 2.52.